The number of anilines is 2. The van der Waals surface area contributed by atoms with Crippen LogP contribution in [0.15, 0.2) is 81.1 Å². The quantitative estimate of drug-likeness (QED) is 0.275. The van der Waals surface area contributed by atoms with Gasteiger partial charge < -0.3 is 29.8 Å². The van der Waals surface area contributed by atoms with Gasteiger partial charge in [0.2, 0.25) is 5.91 Å². The van der Waals surface area contributed by atoms with Crippen LogP contribution in [0.25, 0.3) is 0 Å². The van der Waals surface area contributed by atoms with Gasteiger partial charge in [-0.25, -0.2) is 0 Å². The van der Waals surface area contributed by atoms with Crippen LogP contribution in [0.4, 0.5) is 11.4 Å². The number of methoxy groups -OCH3 is 2. The second-order valence-corrected chi connectivity index (χ2v) is 10.3. The van der Waals surface area contributed by atoms with E-state index in [-0.39, 0.29) is 17.2 Å². The van der Waals surface area contributed by atoms with E-state index in [9.17, 15) is 14.9 Å². The molecule has 2 amide bonds. The van der Waals surface area contributed by atoms with Gasteiger partial charge >= 0.3 is 0 Å². The van der Waals surface area contributed by atoms with E-state index >= 15 is 0 Å². The second kappa shape index (κ2) is 13.2. The zero-order chi connectivity index (χ0) is 29.5. The van der Waals surface area contributed by atoms with Gasteiger partial charge in [-0.05, 0) is 55.7 Å². The Bertz CT molecular complexity index is 1550. The van der Waals surface area contributed by atoms with Gasteiger partial charge in [0, 0.05) is 17.5 Å². The molecule has 0 radical (unpaired) electrons. The first-order chi connectivity index (χ1) is 19.8. The number of ether oxygens (including phenoxy) is 2. The third-order valence-electron chi connectivity index (χ3n) is 6.73. The fourth-order valence-electron chi connectivity index (χ4n) is 4.68. The second-order valence-electron chi connectivity index (χ2n) is 9.29. The third kappa shape index (κ3) is 6.42. The summed E-state index contributed by atoms with van der Waals surface area (Å²) >= 11 is 1.20. The minimum Gasteiger partial charge on any atom is -0.497 e. The van der Waals surface area contributed by atoms with Crippen LogP contribution in [0.5, 0.6) is 11.5 Å². The van der Waals surface area contributed by atoms with Crippen LogP contribution < -0.4 is 25.4 Å². The number of nitriles is 1. The van der Waals surface area contributed by atoms with E-state index in [0.717, 1.165) is 23.2 Å². The number of dihydropyridines is 1. The molecule has 3 aromatic rings. The van der Waals surface area contributed by atoms with Crippen molar-refractivity contribution in [3.63, 3.8) is 0 Å². The highest BCUT2D eigenvalue weighted by Crippen LogP contribution is 2.41. The zero-order valence-electron chi connectivity index (χ0n) is 23.6. The molecule has 0 fully saturated rings. The molecule has 212 valence electrons. The first-order valence-electron chi connectivity index (χ1n) is 13.0. The minimum absolute atomic E-state index is 0.0612. The maximum Gasteiger partial charge on any atom is 0.254 e. The Morgan fingerprint density at radius 3 is 2.56 bits per heavy atom. The summed E-state index contributed by atoms with van der Waals surface area (Å²) in [7, 11) is 3.04. The van der Waals surface area contributed by atoms with Crippen molar-refractivity contribution in [3.8, 4) is 17.6 Å². The lowest BCUT2D eigenvalue weighted by atomic mass is 9.85. The number of thioether (sulfide) groups is 1. The van der Waals surface area contributed by atoms with E-state index in [4.69, 9.17) is 13.9 Å². The first kappa shape index (κ1) is 29.4. The van der Waals surface area contributed by atoms with E-state index in [2.05, 4.69) is 22.0 Å². The van der Waals surface area contributed by atoms with Crippen molar-refractivity contribution < 1.29 is 23.5 Å². The van der Waals surface area contributed by atoms with Crippen molar-refractivity contribution in [2.75, 3.05) is 30.6 Å². The van der Waals surface area contributed by atoms with E-state index in [0.29, 0.717) is 39.2 Å². The van der Waals surface area contributed by atoms with E-state index < -0.39 is 11.8 Å². The van der Waals surface area contributed by atoms with Crippen molar-refractivity contribution in [1.29, 1.82) is 5.26 Å². The minimum atomic E-state index is -0.790. The number of carbonyl (C=O) groups is 2. The average molecular weight is 573 g/mol. The van der Waals surface area contributed by atoms with Gasteiger partial charge in [-0.3, -0.25) is 9.59 Å². The standard InChI is InChI=1S/C31H32N4O5S/c1-6-20-10-7-9-18(2)29(20)35-26(36)17-41-31-22(16-32)28(25-11-8-14-40-25)27(19(3)33-31)30(37)34-23-15-21(38-4)12-13-24(23)39-5/h7-15,28,33H,6,17H2,1-5H3,(H,34,37)(H,35,36). The molecule has 1 aliphatic heterocycles. The summed E-state index contributed by atoms with van der Waals surface area (Å²) in [6.45, 7) is 5.75. The number of nitrogens with zero attached hydrogens (tertiary/aromatic N) is 1. The number of furan rings is 1. The highest BCUT2D eigenvalue weighted by molar-refractivity contribution is 8.03. The van der Waals surface area contributed by atoms with Crippen LogP contribution in [0.3, 0.4) is 0 Å². The molecule has 1 unspecified atom stereocenters. The van der Waals surface area contributed by atoms with Gasteiger partial charge in [-0.15, -0.1) is 0 Å². The molecule has 10 heteroatoms. The molecule has 2 heterocycles. The number of para-hydroxylation sites is 1. The predicted octanol–water partition coefficient (Wildman–Crippen LogP) is 5.87. The fraction of sp³-hybridized carbons (Fsp3) is 0.258. The Balaban J connectivity index is 1.61. The smallest absolute Gasteiger partial charge is 0.254 e. The SMILES string of the molecule is CCc1cccc(C)c1NC(=O)CSC1=C(C#N)C(c2ccco2)C(C(=O)Nc2cc(OC)ccc2OC)=C(C)N1. The lowest BCUT2D eigenvalue weighted by Gasteiger charge is -2.28. The Hall–Kier alpha value is -4.62. The summed E-state index contributed by atoms with van der Waals surface area (Å²) in [5.41, 5.74) is 4.37. The summed E-state index contributed by atoms with van der Waals surface area (Å²) in [5, 5.41) is 19.9. The Morgan fingerprint density at radius 2 is 1.90 bits per heavy atom. The summed E-state index contributed by atoms with van der Waals surface area (Å²) < 4.78 is 16.4. The van der Waals surface area contributed by atoms with Crippen LogP contribution >= 0.6 is 11.8 Å². The molecule has 41 heavy (non-hydrogen) atoms. The normalized spacial score (nSPS) is 14.7. The predicted molar refractivity (Wildman–Crippen MR) is 160 cm³/mol. The lowest BCUT2D eigenvalue weighted by molar-refractivity contribution is -0.114. The van der Waals surface area contributed by atoms with Crippen LogP contribution in [-0.4, -0.2) is 31.8 Å². The molecule has 2 aromatic carbocycles. The Labute approximate surface area is 243 Å². The number of hydrogen-bond acceptors (Lipinski definition) is 8. The van der Waals surface area contributed by atoms with E-state index in [1.54, 1.807) is 37.3 Å². The number of aryl methyl sites for hydroxylation is 2. The number of hydrogen-bond donors (Lipinski definition) is 3. The first-order valence-corrected chi connectivity index (χ1v) is 14.0. The number of rotatable bonds is 10. The van der Waals surface area contributed by atoms with Crippen LogP contribution in [-0.2, 0) is 16.0 Å². The molecular weight excluding hydrogens is 540 g/mol. The Morgan fingerprint density at radius 1 is 1.10 bits per heavy atom. The average Bonchev–Trinajstić information content (AvgIpc) is 3.51. The van der Waals surface area contributed by atoms with Crippen molar-refractivity contribution in [1.82, 2.24) is 5.32 Å². The molecule has 9 nitrogen and oxygen atoms in total. The number of carbonyl (C=O) groups excluding carboxylic acids is 2. The van der Waals surface area contributed by atoms with Crippen LogP contribution in [0.2, 0.25) is 0 Å². The van der Waals surface area contributed by atoms with Gasteiger partial charge in [-0.1, -0.05) is 36.9 Å². The monoisotopic (exact) mass is 572 g/mol. The van der Waals surface area contributed by atoms with Gasteiger partial charge in [-0.2, -0.15) is 5.26 Å². The molecule has 4 rings (SSSR count). The molecule has 0 aliphatic carbocycles. The van der Waals surface area contributed by atoms with Gasteiger partial charge in [0.05, 0.1) is 60.1 Å². The maximum atomic E-state index is 13.7. The van der Waals surface area contributed by atoms with Crippen molar-refractivity contribution in [2.24, 2.45) is 0 Å². The molecule has 0 bridgehead atoms. The molecule has 3 N–H and O–H groups in total. The van der Waals surface area contributed by atoms with Crippen molar-refractivity contribution in [2.45, 2.75) is 33.1 Å². The molecule has 0 spiro atoms. The molecular formula is C31H32N4O5S. The van der Waals surface area contributed by atoms with Gasteiger partial charge in [0.25, 0.3) is 5.91 Å². The largest absolute Gasteiger partial charge is 0.497 e. The van der Waals surface area contributed by atoms with Gasteiger partial charge in [0.15, 0.2) is 0 Å². The summed E-state index contributed by atoms with van der Waals surface area (Å²) in [5.74, 6) is 0.0590. The number of benzene rings is 2. The van der Waals surface area contributed by atoms with Crippen molar-refractivity contribution in [3.05, 3.63) is 93.6 Å². The number of allylic oxidation sites excluding steroid dienone is 2. The lowest BCUT2D eigenvalue weighted by Crippen LogP contribution is -2.31. The third-order valence-corrected chi connectivity index (χ3v) is 7.74. The molecule has 1 aromatic heterocycles. The van der Waals surface area contributed by atoms with Crippen molar-refractivity contribution >= 4 is 35.0 Å². The highest BCUT2D eigenvalue weighted by Gasteiger charge is 2.37. The van der Waals surface area contributed by atoms with E-state index in [1.807, 2.05) is 32.0 Å². The Kier molecular flexibility index (Phi) is 9.42. The molecule has 1 aliphatic rings. The topological polar surface area (TPSA) is 126 Å². The molecule has 1 atom stereocenters. The van der Waals surface area contributed by atoms with E-state index in [1.165, 1.54) is 32.2 Å². The summed E-state index contributed by atoms with van der Waals surface area (Å²) in [6.07, 6.45) is 2.28. The van der Waals surface area contributed by atoms with Crippen LogP contribution in [0.1, 0.15) is 36.7 Å². The number of amides is 2. The molecule has 0 saturated carbocycles. The summed E-state index contributed by atoms with van der Waals surface area (Å²) in [4.78, 5) is 26.7. The maximum absolute atomic E-state index is 13.7. The van der Waals surface area contributed by atoms with Gasteiger partial charge in [0.1, 0.15) is 17.3 Å². The number of nitrogens with one attached hydrogen (secondary N) is 3. The zero-order valence-corrected chi connectivity index (χ0v) is 24.4. The fourth-order valence-corrected chi connectivity index (χ4v) is 5.58. The summed E-state index contributed by atoms with van der Waals surface area (Å²) in [6, 6.07) is 16.7. The molecule has 0 saturated heterocycles. The van der Waals surface area contributed by atoms with Crippen LogP contribution in [0, 0.1) is 18.3 Å². The highest BCUT2D eigenvalue weighted by atomic mass is 32.2.